The summed E-state index contributed by atoms with van der Waals surface area (Å²) in [7, 11) is 1.88. The van der Waals surface area contributed by atoms with Crippen molar-refractivity contribution in [3.63, 3.8) is 0 Å². The Morgan fingerprint density at radius 3 is 3.06 bits per heavy atom. The normalized spacial score (nSPS) is 12.4. The van der Waals surface area contributed by atoms with Crippen molar-refractivity contribution in [3.05, 3.63) is 18.0 Å². The molecule has 0 spiro atoms. The number of aryl methyl sites for hydroxylation is 2. The zero-order valence-corrected chi connectivity index (χ0v) is 11.7. The first-order chi connectivity index (χ1) is 8.63. The highest BCUT2D eigenvalue weighted by Gasteiger charge is 2.13. The summed E-state index contributed by atoms with van der Waals surface area (Å²) in [5, 5.41) is 16.4. The van der Waals surface area contributed by atoms with Gasteiger partial charge < -0.3 is 10.4 Å². The third kappa shape index (κ3) is 5.55. The summed E-state index contributed by atoms with van der Waals surface area (Å²) in [6, 6.07) is 0. The van der Waals surface area contributed by atoms with Crippen LogP contribution in [0, 0.1) is 0 Å². The van der Waals surface area contributed by atoms with Gasteiger partial charge in [0.2, 0.25) is 5.91 Å². The maximum Gasteiger partial charge on any atom is 0.248 e. The second-order valence-electron chi connectivity index (χ2n) is 4.21. The fourth-order valence-electron chi connectivity index (χ4n) is 1.58. The number of amides is 1. The predicted octanol–water partition coefficient (Wildman–Crippen LogP) is 0.583. The third-order valence-corrected chi connectivity index (χ3v) is 3.24. The highest BCUT2D eigenvalue weighted by Crippen LogP contribution is 2.02. The molecule has 1 aromatic rings. The number of hydrogen-bond acceptors (Lipinski definition) is 4. The van der Waals surface area contributed by atoms with E-state index in [0.29, 0.717) is 13.0 Å². The van der Waals surface area contributed by atoms with Gasteiger partial charge in [-0.1, -0.05) is 0 Å². The molecule has 0 bridgehead atoms. The van der Waals surface area contributed by atoms with Crippen molar-refractivity contribution in [1.82, 2.24) is 15.1 Å². The maximum absolute atomic E-state index is 11.5. The molecule has 1 unspecified atom stereocenters. The van der Waals surface area contributed by atoms with Crippen LogP contribution in [0.5, 0.6) is 0 Å². The van der Waals surface area contributed by atoms with E-state index in [4.69, 9.17) is 0 Å². The van der Waals surface area contributed by atoms with Crippen molar-refractivity contribution in [2.24, 2.45) is 7.05 Å². The van der Waals surface area contributed by atoms with E-state index in [9.17, 15) is 9.90 Å². The molecule has 1 atom stereocenters. The molecule has 6 heteroatoms. The van der Waals surface area contributed by atoms with Crippen LogP contribution >= 0.6 is 11.8 Å². The zero-order chi connectivity index (χ0) is 13.4. The number of thioether (sulfide) groups is 1. The van der Waals surface area contributed by atoms with Gasteiger partial charge in [-0.15, -0.1) is 0 Å². The molecule has 0 aliphatic rings. The van der Waals surface area contributed by atoms with Gasteiger partial charge in [0.05, 0.1) is 6.20 Å². The van der Waals surface area contributed by atoms with Crippen LogP contribution in [0.3, 0.4) is 0 Å². The minimum Gasteiger partial charge on any atom is -0.383 e. The molecule has 102 valence electrons. The van der Waals surface area contributed by atoms with Crippen molar-refractivity contribution in [3.8, 4) is 0 Å². The van der Waals surface area contributed by atoms with Crippen LogP contribution < -0.4 is 5.32 Å². The Morgan fingerprint density at radius 2 is 2.44 bits per heavy atom. The number of aliphatic hydroxyl groups excluding tert-OH is 1. The van der Waals surface area contributed by atoms with E-state index < -0.39 is 6.10 Å². The summed E-state index contributed by atoms with van der Waals surface area (Å²) in [6.07, 6.45) is 7.12. The molecule has 1 aromatic heterocycles. The molecule has 1 heterocycles. The highest BCUT2D eigenvalue weighted by molar-refractivity contribution is 7.98. The molecule has 0 fully saturated rings. The van der Waals surface area contributed by atoms with Crippen molar-refractivity contribution in [1.29, 1.82) is 0 Å². The molecule has 0 aliphatic heterocycles. The summed E-state index contributed by atoms with van der Waals surface area (Å²) >= 11 is 1.63. The Morgan fingerprint density at radius 1 is 1.67 bits per heavy atom. The highest BCUT2D eigenvalue weighted by atomic mass is 32.2. The lowest BCUT2D eigenvalue weighted by molar-refractivity contribution is -0.129. The molecule has 5 nitrogen and oxygen atoms in total. The SMILES string of the molecule is CSCCC(O)C(=O)NCCCc1cnn(C)c1. The molecular formula is C12H21N3O2S. The Bertz CT molecular complexity index is 368. The molecule has 0 aliphatic carbocycles. The molecule has 0 saturated carbocycles. The Balaban J connectivity index is 2.11. The van der Waals surface area contributed by atoms with Gasteiger partial charge >= 0.3 is 0 Å². The van der Waals surface area contributed by atoms with Gasteiger partial charge in [0.25, 0.3) is 0 Å². The summed E-state index contributed by atoms with van der Waals surface area (Å²) in [4.78, 5) is 11.5. The Hall–Kier alpha value is -1.01. The molecule has 0 aromatic carbocycles. The van der Waals surface area contributed by atoms with E-state index in [2.05, 4.69) is 10.4 Å². The first kappa shape index (κ1) is 15.0. The molecule has 1 rings (SSSR count). The lowest BCUT2D eigenvalue weighted by Crippen LogP contribution is -2.35. The van der Waals surface area contributed by atoms with Crippen LogP contribution in [0.25, 0.3) is 0 Å². The molecule has 18 heavy (non-hydrogen) atoms. The van der Waals surface area contributed by atoms with E-state index in [1.54, 1.807) is 16.4 Å². The molecule has 2 N–H and O–H groups in total. The predicted molar refractivity (Wildman–Crippen MR) is 73.5 cm³/mol. The van der Waals surface area contributed by atoms with Gasteiger partial charge in [-0.3, -0.25) is 9.48 Å². The summed E-state index contributed by atoms with van der Waals surface area (Å²) in [5.41, 5.74) is 1.16. The second-order valence-corrected chi connectivity index (χ2v) is 5.20. The van der Waals surface area contributed by atoms with Gasteiger partial charge in [-0.05, 0) is 36.8 Å². The maximum atomic E-state index is 11.5. The number of nitrogens with zero attached hydrogens (tertiary/aromatic N) is 2. The zero-order valence-electron chi connectivity index (χ0n) is 10.9. The van der Waals surface area contributed by atoms with Gasteiger partial charge in [0.15, 0.2) is 0 Å². The summed E-state index contributed by atoms with van der Waals surface area (Å²) in [5.74, 6) is 0.528. The molecule has 1 amide bonds. The van der Waals surface area contributed by atoms with E-state index in [-0.39, 0.29) is 5.91 Å². The van der Waals surface area contributed by atoms with Crippen molar-refractivity contribution >= 4 is 17.7 Å². The average molecular weight is 271 g/mol. The Labute approximate surface area is 112 Å². The van der Waals surface area contributed by atoms with Gasteiger partial charge in [0.1, 0.15) is 6.10 Å². The van der Waals surface area contributed by atoms with E-state index >= 15 is 0 Å². The number of rotatable bonds is 8. The third-order valence-electron chi connectivity index (χ3n) is 2.60. The quantitative estimate of drug-likeness (QED) is 0.679. The van der Waals surface area contributed by atoms with Crippen molar-refractivity contribution in [2.45, 2.75) is 25.4 Å². The standard InChI is InChI=1S/C12H21N3O2S/c1-15-9-10(8-14-15)4-3-6-13-12(17)11(16)5-7-18-2/h8-9,11,16H,3-7H2,1-2H3,(H,13,17). The first-order valence-corrected chi connectivity index (χ1v) is 7.45. The topological polar surface area (TPSA) is 67.2 Å². The lowest BCUT2D eigenvalue weighted by atomic mass is 10.2. The fourth-order valence-corrected chi connectivity index (χ4v) is 2.04. The van der Waals surface area contributed by atoms with E-state index in [0.717, 1.165) is 24.2 Å². The molecule has 0 saturated heterocycles. The average Bonchev–Trinajstić information content (AvgIpc) is 2.77. The van der Waals surface area contributed by atoms with Crippen LogP contribution in [-0.4, -0.2) is 45.5 Å². The first-order valence-electron chi connectivity index (χ1n) is 6.05. The Kier molecular flexibility index (Phi) is 6.82. The van der Waals surface area contributed by atoms with Crippen molar-refractivity contribution < 1.29 is 9.90 Å². The number of aromatic nitrogens is 2. The number of nitrogens with one attached hydrogen (secondary N) is 1. The smallest absolute Gasteiger partial charge is 0.248 e. The molecular weight excluding hydrogens is 250 g/mol. The van der Waals surface area contributed by atoms with Crippen LogP contribution in [0.4, 0.5) is 0 Å². The number of aliphatic hydroxyl groups is 1. The van der Waals surface area contributed by atoms with E-state index in [1.165, 1.54) is 0 Å². The summed E-state index contributed by atoms with van der Waals surface area (Å²) < 4.78 is 1.76. The van der Waals surface area contributed by atoms with Crippen LogP contribution in [0.15, 0.2) is 12.4 Å². The van der Waals surface area contributed by atoms with Gasteiger partial charge in [-0.25, -0.2) is 0 Å². The monoisotopic (exact) mass is 271 g/mol. The number of hydrogen-bond donors (Lipinski definition) is 2. The van der Waals surface area contributed by atoms with Gasteiger partial charge in [-0.2, -0.15) is 16.9 Å². The summed E-state index contributed by atoms with van der Waals surface area (Å²) in [6.45, 7) is 0.587. The number of carbonyl (C=O) groups is 1. The number of carbonyl (C=O) groups excluding carboxylic acids is 1. The van der Waals surface area contributed by atoms with E-state index in [1.807, 2.05) is 25.7 Å². The minimum atomic E-state index is -0.879. The van der Waals surface area contributed by atoms with Crippen LogP contribution in [0.1, 0.15) is 18.4 Å². The van der Waals surface area contributed by atoms with Crippen LogP contribution in [0.2, 0.25) is 0 Å². The largest absolute Gasteiger partial charge is 0.383 e. The fraction of sp³-hybridized carbons (Fsp3) is 0.667. The van der Waals surface area contributed by atoms with Gasteiger partial charge in [0, 0.05) is 19.8 Å². The lowest BCUT2D eigenvalue weighted by Gasteiger charge is -2.10. The molecule has 0 radical (unpaired) electrons. The minimum absolute atomic E-state index is 0.268. The second kappa shape index (κ2) is 8.16. The van der Waals surface area contributed by atoms with Crippen molar-refractivity contribution in [2.75, 3.05) is 18.6 Å². The van der Waals surface area contributed by atoms with Crippen LogP contribution in [-0.2, 0) is 18.3 Å².